The van der Waals surface area contributed by atoms with Crippen molar-refractivity contribution < 1.29 is 27.0 Å². The van der Waals surface area contributed by atoms with Crippen LogP contribution in [0.4, 0.5) is 23.5 Å². The van der Waals surface area contributed by atoms with Crippen LogP contribution in [-0.4, -0.2) is 68.1 Å². The van der Waals surface area contributed by atoms with Crippen molar-refractivity contribution in [1.29, 1.82) is 0 Å². The molecule has 0 saturated heterocycles. The molecule has 0 atom stereocenters. The number of aromatic amines is 4. The van der Waals surface area contributed by atoms with E-state index < -0.39 is 0 Å². The average molecular weight is 907 g/mol. The summed E-state index contributed by atoms with van der Waals surface area (Å²) in [6.45, 7) is 2.51. The Morgan fingerprint density at radius 3 is 1.22 bits per heavy atom. The monoisotopic (exact) mass is 906 g/mol. The van der Waals surface area contributed by atoms with Gasteiger partial charge in [-0.3, -0.25) is 0 Å². The van der Waals surface area contributed by atoms with Gasteiger partial charge in [0.25, 0.3) is 5.95 Å². The number of hydrogen-bond donors (Lipinski definition) is 5. The van der Waals surface area contributed by atoms with Crippen molar-refractivity contribution in [2.75, 3.05) is 18.9 Å². The zero-order valence-corrected chi connectivity index (χ0v) is 35.8. The van der Waals surface area contributed by atoms with E-state index in [4.69, 9.17) is 15.2 Å². The summed E-state index contributed by atoms with van der Waals surface area (Å²) in [5.41, 5.74) is 11.9. The number of nitrogens with zero attached hydrogens (tertiary/aromatic N) is 7. The van der Waals surface area contributed by atoms with E-state index in [1.807, 2.05) is 16.7 Å². The largest absolute Gasteiger partial charge is 0.489 e. The molecule has 0 aliphatic rings. The number of aromatic nitrogens is 11. The summed E-state index contributed by atoms with van der Waals surface area (Å²) in [5, 5.41) is 25.6. The summed E-state index contributed by atoms with van der Waals surface area (Å²) in [6.07, 6.45) is 8.87. The third-order valence-corrected chi connectivity index (χ3v) is 12.2. The van der Waals surface area contributed by atoms with Gasteiger partial charge in [-0.1, -0.05) is 5.10 Å². The number of unbranched alkanes of at least 4 members (excludes halogenated alkanes) is 4. The fourth-order valence-electron chi connectivity index (χ4n) is 9.03. The van der Waals surface area contributed by atoms with E-state index >= 15 is 0 Å². The van der Waals surface area contributed by atoms with Crippen LogP contribution >= 0.6 is 0 Å². The fourth-order valence-corrected chi connectivity index (χ4v) is 9.03. The molecule has 0 aliphatic heterocycles. The molecule has 0 unspecified atom stereocenters. The molecule has 6 aromatic carbocycles. The highest BCUT2D eigenvalue weighted by Gasteiger charge is 2.20. The molecule has 338 valence electrons. The van der Waals surface area contributed by atoms with Gasteiger partial charge in [0.1, 0.15) is 35.9 Å². The number of aryl methyl sites for hydroxylation is 2. The molecule has 6 N–H and O–H groups in total. The van der Waals surface area contributed by atoms with Gasteiger partial charge in [0.2, 0.25) is 0 Å². The van der Waals surface area contributed by atoms with Gasteiger partial charge < -0.3 is 39.7 Å². The molecule has 0 fully saturated rings. The number of halogens is 4. The Morgan fingerprint density at radius 1 is 0.463 bits per heavy atom. The van der Waals surface area contributed by atoms with Gasteiger partial charge >= 0.3 is 0 Å². The molecule has 0 aliphatic carbocycles. The molecule has 0 radical (unpaired) electrons. The lowest BCUT2D eigenvalue weighted by Gasteiger charge is -2.09. The van der Waals surface area contributed by atoms with Gasteiger partial charge in [0, 0.05) is 71.7 Å². The van der Waals surface area contributed by atoms with Crippen molar-refractivity contribution in [3.8, 4) is 11.5 Å². The molecule has 0 amide bonds. The second kappa shape index (κ2) is 17.3. The van der Waals surface area contributed by atoms with Crippen LogP contribution in [0, 0.1) is 23.3 Å². The molecule has 0 bridgehead atoms. The molecule has 12 rings (SSSR count). The maximum atomic E-state index is 14.0. The quantitative estimate of drug-likeness (QED) is 0.0528. The number of H-pyrrole nitrogens is 4. The first-order chi connectivity index (χ1) is 32.7. The first kappa shape index (κ1) is 41.5. The van der Waals surface area contributed by atoms with Crippen molar-refractivity contribution >= 4 is 93.2 Å². The standard InChI is InChI=1S/C25H21F2N5O.C24H21F2N7O/c26-15-4-6-21-17(10-15)19-12-20-18-11-16(27)5-7-22(18)31-24(20)25(23(19)30-21)33-9-3-1-2-8-32-13-28-29-14-32;25-13-4-6-19-15(10-13)17-12-18-16-11-14(26)5-7-20(16)29-22(18)23(21(17)28-19)34-9-3-1-2-8-33-31-24(27)30-32-33/h4-7,10-14,30-31H,1-3,8-9H2;4-7,10-12,28-29H,1-3,8-9H2,(H2,27,31). The van der Waals surface area contributed by atoms with E-state index in [1.165, 1.54) is 53.3 Å². The third kappa shape index (κ3) is 8.04. The molecule has 0 spiro atoms. The fraction of sp³-hybridized carbons (Fsp3) is 0.204. The Kier molecular flexibility index (Phi) is 10.8. The normalized spacial score (nSPS) is 11.9. The number of anilines is 1. The molecular weight excluding hydrogens is 865 g/mol. The summed E-state index contributed by atoms with van der Waals surface area (Å²) < 4.78 is 70.6. The lowest BCUT2D eigenvalue weighted by atomic mass is 10.1. The zero-order chi connectivity index (χ0) is 45.6. The number of tetrazole rings is 1. The summed E-state index contributed by atoms with van der Waals surface area (Å²) in [7, 11) is 0. The van der Waals surface area contributed by atoms with E-state index in [2.05, 4.69) is 45.5 Å². The van der Waals surface area contributed by atoms with Crippen LogP contribution in [0.5, 0.6) is 11.5 Å². The minimum absolute atomic E-state index is 0.164. The smallest absolute Gasteiger partial charge is 0.260 e. The second-order valence-corrected chi connectivity index (χ2v) is 16.6. The predicted molar refractivity (Wildman–Crippen MR) is 251 cm³/mol. The summed E-state index contributed by atoms with van der Waals surface area (Å²) >= 11 is 0. The van der Waals surface area contributed by atoms with Crippen LogP contribution in [0.3, 0.4) is 0 Å². The second-order valence-electron chi connectivity index (χ2n) is 16.6. The first-order valence-electron chi connectivity index (χ1n) is 22.0. The average Bonchev–Trinajstić information content (AvgIpc) is 4.20. The van der Waals surface area contributed by atoms with Crippen molar-refractivity contribution in [3.05, 3.63) is 121 Å². The number of rotatable bonds is 14. The molecule has 6 heterocycles. The number of nitrogens with one attached hydrogen (secondary N) is 4. The summed E-state index contributed by atoms with van der Waals surface area (Å²) in [6, 6.07) is 22.6. The number of fused-ring (bicyclic) bond motifs is 12. The van der Waals surface area contributed by atoms with Crippen molar-refractivity contribution in [2.24, 2.45) is 0 Å². The van der Waals surface area contributed by atoms with Gasteiger partial charge in [0.05, 0.1) is 41.8 Å². The molecule has 0 saturated carbocycles. The van der Waals surface area contributed by atoms with Gasteiger partial charge in [-0.05, 0) is 129 Å². The Bertz CT molecular complexity index is 3570. The molecule has 12 aromatic rings. The van der Waals surface area contributed by atoms with Crippen LogP contribution in [-0.2, 0) is 13.1 Å². The number of benzene rings is 6. The molecule has 18 heteroatoms. The Morgan fingerprint density at radius 2 is 0.851 bits per heavy atom. The maximum Gasteiger partial charge on any atom is 0.260 e. The third-order valence-electron chi connectivity index (χ3n) is 12.2. The molecule has 14 nitrogen and oxygen atoms in total. The lowest BCUT2D eigenvalue weighted by Crippen LogP contribution is -2.04. The minimum Gasteiger partial charge on any atom is -0.489 e. The lowest BCUT2D eigenvalue weighted by molar-refractivity contribution is 0.308. The number of nitrogen functional groups attached to an aromatic ring is 1. The van der Waals surface area contributed by atoms with Crippen LogP contribution in [0.1, 0.15) is 38.5 Å². The summed E-state index contributed by atoms with van der Waals surface area (Å²) in [5.74, 6) is 0.250. The Labute approximate surface area is 377 Å². The van der Waals surface area contributed by atoms with Gasteiger partial charge in [-0.2, -0.15) is 4.80 Å². The highest BCUT2D eigenvalue weighted by Crippen LogP contribution is 2.43. The summed E-state index contributed by atoms with van der Waals surface area (Å²) in [4.78, 5) is 15.0. The SMILES string of the molecule is Fc1ccc2[nH]c3c(OCCCCCn4cnnc4)c4[nH]c5ccc(F)cc5c4cc3c2c1.Nc1nnn(CCCCCOc2c3[nH]c4ccc(F)cc4c3cc3c2[nH]c2ccc(F)cc23)n1. The van der Waals surface area contributed by atoms with E-state index in [9.17, 15) is 17.6 Å². The highest BCUT2D eigenvalue weighted by atomic mass is 19.1. The molecule has 6 aromatic heterocycles. The highest BCUT2D eigenvalue weighted by molar-refractivity contribution is 6.22. The van der Waals surface area contributed by atoms with Crippen LogP contribution in [0.15, 0.2) is 97.6 Å². The van der Waals surface area contributed by atoms with E-state index in [1.54, 1.807) is 36.9 Å². The van der Waals surface area contributed by atoms with Crippen LogP contribution in [0.25, 0.3) is 87.2 Å². The topological polar surface area (TPSA) is 182 Å². The zero-order valence-electron chi connectivity index (χ0n) is 35.8. The van der Waals surface area contributed by atoms with E-state index in [-0.39, 0.29) is 29.2 Å². The Hall–Kier alpha value is -8.15. The number of ether oxygens (including phenoxy) is 2. The van der Waals surface area contributed by atoms with Crippen LogP contribution in [0.2, 0.25) is 0 Å². The number of hydrogen-bond acceptors (Lipinski definition) is 8. The minimum atomic E-state index is -0.315. The van der Waals surface area contributed by atoms with Crippen molar-refractivity contribution in [1.82, 2.24) is 54.9 Å². The molecule has 67 heavy (non-hydrogen) atoms. The molecular formula is C49H42F4N12O2. The van der Waals surface area contributed by atoms with Crippen LogP contribution < -0.4 is 15.2 Å². The van der Waals surface area contributed by atoms with Gasteiger partial charge in [-0.15, -0.1) is 15.3 Å². The maximum absolute atomic E-state index is 14.0. The van der Waals surface area contributed by atoms with Crippen molar-refractivity contribution in [2.45, 2.75) is 51.6 Å². The van der Waals surface area contributed by atoms with Gasteiger partial charge in [-0.25, -0.2) is 17.6 Å². The van der Waals surface area contributed by atoms with Gasteiger partial charge in [0.15, 0.2) is 11.5 Å². The van der Waals surface area contributed by atoms with E-state index in [0.717, 1.165) is 132 Å². The van der Waals surface area contributed by atoms with E-state index in [0.29, 0.717) is 31.3 Å². The number of nitrogens with two attached hydrogens (primary N) is 1. The Balaban J connectivity index is 0.000000148. The first-order valence-corrected chi connectivity index (χ1v) is 22.0. The predicted octanol–water partition coefficient (Wildman–Crippen LogP) is 11.1. The van der Waals surface area contributed by atoms with Crippen molar-refractivity contribution in [3.63, 3.8) is 0 Å².